The van der Waals surface area contributed by atoms with Crippen LogP contribution in [0.1, 0.15) is 27.7 Å². The van der Waals surface area contributed by atoms with Crippen molar-refractivity contribution in [2.75, 3.05) is 6.61 Å². The molecule has 8 nitrogen and oxygen atoms in total. The van der Waals surface area contributed by atoms with Crippen LogP contribution in [0.15, 0.2) is 24.3 Å². The zero-order valence-electron chi connectivity index (χ0n) is 14.0. The van der Waals surface area contributed by atoms with Gasteiger partial charge in [-0.15, -0.1) is 0 Å². The van der Waals surface area contributed by atoms with Gasteiger partial charge in [-0.05, 0) is 5.92 Å². The number of carbonyl (C=O) groups is 4. The lowest BCUT2D eigenvalue weighted by Crippen LogP contribution is -2.41. The average Bonchev–Trinajstić information content (AvgIpc) is 2.45. The second-order valence-corrected chi connectivity index (χ2v) is 6.04. The summed E-state index contributed by atoms with van der Waals surface area (Å²) >= 11 is 0. The smallest absolute Gasteiger partial charge is 0.331 e. The number of esters is 2. The van der Waals surface area contributed by atoms with Gasteiger partial charge in [0.15, 0.2) is 0 Å². The molecule has 0 aliphatic carbocycles. The predicted molar refractivity (Wildman–Crippen MR) is 83.0 cm³/mol. The molecule has 0 heterocycles. The van der Waals surface area contributed by atoms with Crippen LogP contribution in [0.2, 0.25) is 0 Å². The van der Waals surface area contributed by atoms with Gasteiger partial charge in [0.1, 0.15) is 12.7 Å². The van der Waals surface area contributed by atoms with Gasteiger partial charge in [0.25, 0.3) is 0 Å². The summed E-state index contributed by atoms with van der Waals surface area (Å²) in [5.41, 5.74) is -0.770. The van der Waals surface area contributed by atoms with Gasteiger partial charge in [0.05, 0.1) is 0 Å². The van der Waals surface area contributed by atoms with Crippen LogP contribution in [-0.4, -0.2) is 46.8 Å². The molecule has 1 unspecified atom stereocenters. The number of ether oxygens (including phenoxy) is 2. The van der Waals surface area contributed by atoms with E-state index in [-0.39, 0.29) is 12.5 Å². The van der Waals surface area contributed by atoms with Crippen molar-refractivity contribution >= 4 is 23.9 Å². The van der Waals surface area contributed by atoms with Crippen LogP contribution >= 0.6 is 0 Å². The van der Waals surface area contributed by atoms with Crippen molar-refractivity contribution in [2.45, 2.75) is 33.8 Å². The third-order valence-electron chi connectivity index (χ3n) is 2.93. The summed E-state index contributed by atoms with van der Waals surface area (Å²) in [7, 11) is 0. The number of hydrogen-bond acceptors (Lipinski definition) is 6. The molecule has 0 aromatic heterocycles. The van der Waals surface area contributed by atoms with E-state index < -0.39 is 35.4 Å². The molecule has 8 heteroatoms. The highest BCUT2D eigenvalue weighted by atomic mass is 16.6. The van der Waals surface area contributed by atoms with Crippen molar-refractivity contribution in [2.24, 2.45) is 11.3 Å². The van der Waals surface area contributed by atoms with Gasteiger partial charge >= 0.3 is 23.9 Å². The molecule has 0 saturated heterocycles. The van der Waals surface area contributed by atoms with Gasteiger partial charge in [-0.1, -0.05) is 27.7 Å². The third-order valence-corrected chi connectivity index (χ3v) is 2.93. The quantitative estimate of drug-likeness (QED) is 0.475. The van der Waals surface area contributed by atoms with Gasteiger partial charge < -0.3 is 19.7 Å². The Morgan fingerprint density at radius 2 is 1.38 bits per heavy atom. The number of carbonyl (C=O) groups excluding carboxylic acids is 2. The molecule has 0 spiro atoms. The Labute approximate surface area is 139 Å². The first kappa shape index (κ1) is 21.4. The molecule has 134 valence electrons. The predicted octanol–water partition coefficient (Wildman–Crippen LogP) is 1.41. The Balaban J connectivity index is 4.89. The fourth-order valence-corrected chi connectivity index (χ4v) is 2.03. The molecular formula is C16H22O8. The van der Waals surface area contributed by atoms with Crippen molar-refractivity contribution in [3.63, 3.8) is 0 Å². The van der Waals surface area contributed by atoms with Crippen LogP contribution in [0.25, 0.3) is 0 Å². The van der Waals surface area contributed by atoms with E-state index in [1.165, 1.54) is 0 Å². The van der Waals surface area contributed by atoms with Crippen molar-refractivity contribution in [3.05, 3.63) is 24.3 Å². The minimum atomic E-state index is -1.27. The van der Waals surface area contributed by atoms with E-state index in [2.05, 4.69) is 0 Å². The van der Waals surface area contributed by atoms with E-state index in [9.17, 15) is 19.2 Å². The lowest BCUT2D eigenvalue weighted by molar-refractivity contribution is -0.159. The fourth-order valence-electron chi connectivity index (χ4n) is 2.03. The molecule has 0 aliphatic rings. The topological polar surface area (TPSA) is 127 Å². The molecule has 0 amide bonds. The van der Waals surface area contributed by atoms with Crippen LogP contribution in [-0.2, 0) is 28.7 Å². The summed E-state index contributed by atoms with van der Waals surface area (Å²) in [6.07, 6.45) is 2.26. The number of carboxylic acids is 2. The molecule has 0 aromatic rings. The Hall–Kier alpha value is -2.64. The standard InChI is InChI=1S/C16H22O8/c1-10(2)15(24-14(22)8-6-12(19)20)16(3,4)9-23-13(21)7-5-11(17)18/h5-8,10,15H,9H2,1-4H3,(H,17,18)(H,19,20)/b7-5-,8-6-. The molecule has 24 heavy (non-hydrogen) atoms. The normalized spacial score (nSPS) is 13.2. The Morgan fingerprint density at radius 3 is 1.79 bits per heavy atom. The lowest BCUT2D eigenvalue weighted by Gasteiger charge is -2.35. The summed E-state index contributed by atoms with van der Waals surface area (Å²) in [5, 5.41) is 16.9. The Bertz CT molecular complexity index is 542. The second-order valence-electron chi connectivity index (χ2n) is 6.04. The first-order chi connectivity index (χ1) is 11.0. The highest BCUT2D eigenvalue weighted by Crippen LogP contribution is 2.29. The van der Waals surface area contributed by atoms with E-state index in [1.54, 1.807) is 27.7 Å². The molecule has 0 aliphatic heterocycles. The first-order valence-corrected chi connectivity index (χ1v) is 7.15. The second kappa shape index (κ2) is 9.49. The molecule has 0 fully saturated rings. The van der Waals surface area contributed by atoms with E-state index in [4.69, 9.17) is 19.7 Å². The van der Waals surface area contributed by atoms with Gasteiger partial charge in [-0.2, -0.15) is 0 Å². The molecule has 0 saturated carbocycles. The van der Waals surface area contributed by atoms with Crippen molar-refractivity contribution in [1.29, 1.82) is 0 Å². The highest BCUT2D eigenvalue weighted by Gasteiger charge is 2.36. The average molecular weight is 342 g/mol. The van der Waals surface area contributed by atoms with Gasteiger partial charge in [-0.3, -0.25) is 0 Å². The number of aliphatic carboxylic acids is 2. The maximum Gasteiger partial charge on any atom is 0.331 e. The van der Waals surface area contributed by atoms with Crippen molar-refractivity contribution in [3.8, 4) is 0 Å². The molecule has 1 atom stereocenters. The van der Waals surface area contributed by atoms with Crippen molar-refractivity contribution < 1.29 is 38.9 Å². The maximum absolute atomic E-state index is 11.7. The van der Waals surface area contributed by atoms with E-state index >= 15 is 0 Å². The highest BCUT2D eigenvalue weighted by molar-refractivity contribution is 5.91. The maximum atomic E-state index is 11.7. The van der Waals surface area contributed by atoms with Gasteiger partial charge in [-0.25, -0.2) is 19.2 Å². The summed E-state index contributed by atoms with van der Waals surface area (Å²) in [5.74, 6) is -4.32. The summed E-state index contributed by atoms with van der Waals surface area (Å²) in [4.78, 5) is 43.8. The number of carboxylic acid groups (broad SMARTS) is 2. The van der Waals surface area contributed by atoms with Gasteiger partial charge in [0, 0.05) is 29.7 Å². The third kappa shape index (κ3) is 8.72. The molecule has 0 aromatic carbocycles. The van der Waals surface area contributed by atoms with E-state index in [0.29, 0.717) is 12.2 Å². The van der Waals surface area contributed by atoms with E-state index in [0.717, 1.165) is 12.2 Å². The van der Waals surface area contributed by atoms with Crippen LogP contribution in [0.5, 0.6) is 0 Å². The number of rotatable bonds is 9. The van der Waals surface area contributed by atoms with Crippen molar-refractivity contribution in [1.82, 2.24) is 0 Å². The minimum Gasteiger partial charge on any atom is -0.478 e. The minimum absolute atomic E-state index is 0.117. The lowest BCUT2D eigenvalue weighted by atomic mass is 9.81. The SMILES string of the molecule is CC(C)C(OC(=O)/C=C\C(=O)O)C(C)(C)COC(=O)/C=C\C(=O)O. The summed E-state index contributed by atoms with van der Waals surface area (Å²) in [6.45, 7) is 6.90. The zero-order chi connectivity index (χ0) is 18.9. The number of hydrogen-bond donors (Lipinski definition) is 2. The molecular weight excluding hydrogens is 320 g/mol. The summed E-state index contributed by atoms with van der Waals surface area (Å²) in [6, 6.07) is 0. The molecule has 0 rings (SSSR count). The summed E-state index contributed by atoms with van der Waals surface area (Å²) < 4.78 is 10.2. The first-order valence-electron chi connectivity index (χ1n) is 7.15. The Kier molecular flexibility index (Phi) is 8.44. The monoisotopic (exact) mass is 342 g/mol. The van der Waals surface area contributed by atoms with Crippen LogP contribution in [0.4, 0.5) is 0 Å². The van der Waals surface area contributed by atoms with Crippen LogP contribution < -0.4 is 0 Å². The van der Waals surface area contributed by atoms with E-state index in [1.807, 2.05) is 0 Å². The zero-order valence-corrected chi connectivity index (χ0v) is 14.0. The van der Waals surface area contributed by atoms with Crippen LogP contribution in [0.3, 0.4) is 0 Å². The largest absolute Gasteiger partial charge is 0.478 e. The molecule has 0 bridgehead atoms. The fraction of sp³-hybridized carbons (Fsp3) is 0.500. The van der Waals surface area contributed by atoms with Crippen LogP contribution in [0, 0.1) is 11.3 Å². The molecule has 0 radical (unpaired) electrons. The molecule has 2 N–H and O–H groups in total. The van der Waals surface area contributed by atoms with Gasteiger partial charge in [0.2, 0.25) is 0 Å². The Morgan fingerprint density at radius 1 is 0.917 bits per heavy atom.